The Balaban J connectivity index is 1.52. The molecule has 3 aromatic rings. The zero-order valence-corrected chi connectivity index (χ0v) is 22.8. The van der Waals surface area contributed by atoms with Crippen molar-refractivity contribution in [3.63, 3.8) is 0 Å². The molecule has 1 amide bonds. The van der Waals surface area contributed by atoms with E-state index in [-0.39, 0.29) is 27.4 Å². The smallest absolute Gasteiger partial charge is 0.326 e. The maximum atomic E-state index is 14.8. The van der Waals surface area contributed by atoms with E-state index in [0.717, 1.165) is 24.3 Å². The average molecular weight is 619 g/mol. The van der Waals surface area contributed by atoms with Gasteiger partial charge in [0.1, 0.15) is 21.8 Å². The summed E-state index contributed by atoms with van der Waals surface area (Å²) in [4.78, 5) is 37.3. The molecular weight excluding hydrogens is 600 g/mol. The third-order valence-corrected chi connectivity index (χ3v) is 7.76. The van der Waals surface area contributed by atoms with Crippen LogP contribution in [-0.4, -0.2) is 21.8 Å². The van der Waals surface area contributed by atoms with Gasteiger partial charge in [0.2, 0.25) is 5.91 Å². The molecule has 2 atom stereocenters. The van der Waals surface area contributed by atoms with Crippen LogP contribution in [0.5, 0.6) is 0 Å². The normalized spacial score (nSPS) is 17.8. The van der Waals surface area contributed by atoms with Crippen LogP contribution < -0.4 is 5.32 Å². The van der Waals surface area contributed by atoms with Gasteiger partial charge >= 0.3 is 6.18 Å². The minimum atomic E-state index is -4.60. The highest BCUT2D eigenvalue weighted by atomic mass is 35.5. The second-order valence-corrected chi connectivity index (χ2v) is 11.3. The van der Waals surface area contributed by atoms with Crippen LogP contribution in [-0.2, 0) is 28.6 Å². The molecule has 210 valence electrons. The van der Waals surface area contributed by atoms with Crippen molar-refractivity contribution in [3.05, 3.63) is 99.1 Å². The van der Waals surface area contributed by atoms with Gasteiger partial charge in [0.25, 0.3) is 0 Å². The van der Waals surface area contributed by atoms with Crippen molar-refractivity contribution in [1.82, 2.24) is 0 Å². The lowest BCUT2D eigenvalue weighted by atomic mass is 9.98. The van der Waals surface area contributed by atoms with Gasteiger partial charge in [-0.2, -0.15) is 13.2 Å². The molecule has 12 heteroatoms. The molecule has 0 heterocycles. The molecule has 3 aromatic carbocycles. The lowest BCUT2D eigenvalue weighted by molar-refractivity contribution is -0.137. The predicted octanol–water partition coefficient (Wildman–Crippen LogP) is 7.72. The van der Waals surface area contributed by atoms with Crippen LogP contribution in [0, 0.1) is 17.6 Å². The van der Waals surface area contributed by atoms with Crippen molar-refractivity contribution in [3.8, 4) is 0 Å². The highest BCUT2D eigenvalue weighted by molar-refractivity contribution is 6.53. The van der Waals surface area contributed by atoms with E-state index in [1.165, 1.54) is 37.3 Å². The third-order valence-electron chi connectivity index (χ3n) is 6.49. The molecule has 0 spiro atoms. The van der Waals surface area contributed by atoms with Crippen molar-refractivity contribution in [2.24, 2.45) is 5.92 Å². The highest BCUT2D eigenvalue weighted by Gasteiger charge is 2.67. The number of anilines is 1. The zero-order chi connectivity index (χ0) is 29.6. The molecule has 4 nitrogen and oxygen atoms in total. The van der Waals surface area contributed by atoms with E-state index in [1.54, 1.807) is 0 Å². The first-order valence-electron chi connectivity index (χ1n) is 11.7. The monoisotopic (exact) mass is 617 g/mol. The average Bonchev–Trinajstić information content (AvgIpc) is 3.46. The van der Waals surface area contributed by atoms with E-state index in [9.17, 15) is 36.3 Å². The molecule has 0 unspecified atom stereocenters. The molecular formula is C28H19Cl3F5NO3. The SMILES string of the molecule is CC(=O)Cc1c(F)ccc(CC(=O)c2cc(NC(=O)[C@H]3[C@H](c4cccc(C(F)(F)F)c4)C3(Cl)Cl)ccc2Cl)c1F. The molecule has 40 heavy (non-hydrogen) atoms. The summed E-state index contributed by atoms with van der Waals surface area (Å²) in [5.41, 5.74) is -1.35. The third kappa shape index (κ3) is 6.16. The Kier molecular flexibility index (Phi) is 8.32. The number of hydrogen-bond donors (Lipinski definition) is 1. The molecule has 1 fully saturated rings. The summed E-state index contributed by atoms with van der Waals surface area (Å²) in [5.74, 6) is -5.76. The van der Waals surface area contributed by atoms with E-state index in [0.29, 0.717) is 0 Å². The Morgan fingerprint density at radius 2 is 1.68 bits per heavy atom. The summed E-state index contributed by atoms with van der Waals surface area (Å²) in [6.45, 7) is 1.18. The van der Waals surface area contributed by atoms with Crippen LogP contribution in [0.1, 0.15) is 45.5 Å². The minimum Gasteiger partial charge on any atom is -0.326 e. The molecule has 1 aliphatic rings. The fraction of sp³-hybridized carbons (Fsp3) is 0.250. The van der Waals surface area contributed by atoms with Gasteiger partial charge in [-0.1, -0.05) is 35.9 Å². The molecule has 0 saturated heterocycles. The highest BCUT2D eigenvalue weighted by Crippen LogP contribution is 2.65. The number of alkyl halides is 5. The van der Waals surface area contributed by atoms with Gasteiger partial charge in [-0.25, -0.2) is 8.78 Å². The Morgan fingerprint density at radius 1 is 0.975 bits per heavy atom. The standard InChI is InChI=1S/C28H19Cl3F5NO3/c1-13(38)9-19-21(32)8-5-15(25(19)33)11-22(39)18-12-17(6-7-20(18)29)37-26(40)24-23(27(24,30)31)14-3-2-4-16(10-14)28(34,35)36/h2-8,10,12,23-24H,9,11H2,1H3,(H,37,40)/t23-,24+/m0/s1. The largest absolute Gasteiger partial charge is 0.416 e. The van der Waals surface area contributed by atoms with Crippen LogP contribution >= 0.6 is 34.8 Å². The maximum Gasteiger partial charge on any atom is 0.416 e. The fourth-order valence-electron chi connectivity index (χ4n) is 4.47. The summed E-state index contributed by atoms with van der Waals surface area (Å²) in [6.07, 6.45) is -5.59. The topological polar surface area (TPSA) is 63.2 Å². The van der Waals surface area contributed by atoms with Gasteiger partial charge in [0.15, 0.2) is 5.78 Å². The quantitative estimate of drug-likeness (QED) is 0.160. The fourth-order valence-corrected chi connectivity index (χ4v) is 5.53. The van der Waals surface area contributed by atoms with E-state index in [2.05, 4.69) is 5.32 Å². The summed E-state index contributed by atoms with van der Waals surface area (Å²) in [6, 6.07) is 10.3. The van der Waals surface area contributed by atoms with E-state index < -0.39 is 75.4 Å². The van der Waals surface area contributed by atoms with Gasteiger partial charge in [-0.05, 0) is 48.4 Å². The number of Topliss-reactive ketones (excluding diaryl/α,β-unsaturated/α-hetero) is 2. The lowest BCUT2D eigenvalue weighted by Crippen LogP contribution is -2.17. The molecule has 0 aliphatic heterocycles. The van der Waals surface area contributed by atoms with Crippen molar-refractivity contribution in [2.75, 3.05) is 5.32 Å². The summed E-state index contributed by atoms with van der Waals surface area (Å²) < 4.78 is 66.6. The van der Waals surface area contributed by atoms with Crippen LogP contribution in [0.2, 0.25) is 5.02 Å². The van der Waals surface area contributed by atoms with Crippen molar-refractivity contribution in [2.45, 2.75) is 36.2 Å². The summed E-state index contributed by atoms with van der Waals surface area (Å²) >= 11 is 18.7. The molecule has 1 aliphatic carbocycles. The van der Waals surface area contributed by atoms with Gasteiger partial charge in [0, 0.05) is 35.6 Å². The lowest BCUT2D eigenvalue weighted by Gasteiger charge is -2.11. The number of ketones is 2. The van der Waals surface area contributed by atoms with Gasteiger partial charge < -0.3 is 5.32 Å². The minimum absolute atomic E-state index is 0.00761. The van der Waals surface area contributed by atoms with Crippen LogP contribution in [0.15, 0.2) is 54.6 Å². The Hall–Kier alpha value is -3.01. The summed E-state index contributed by atoms with van der Waals surface area (Å²) in [5, 5.41) is 2.53. The number of benzene rings is 3. The Bertz CT molecular complexity index is 1520. The second-order valence-electron chi connectivity index (χ2n) is 9.41. The Labute approximate surface area is 240 Å². The van der Waals surface area contributed by atoms with E-state index in [4.69, 9.17) is 34.8 Å². The van der Waals surface area contributed by atoms with Crippen LogP contribution in [0.4, 0.5) is 27.6 Å². The van der Waals surface area contributed by atoms with Crippen LogP contribution in [0.3, 0.4) is 0 Å². The van der Waals surface area contributed by atoms with Crippen molar-refractivity contribution in [1.29, 1.82) is 0 Å². The van der Waals surface area contributed by atoms with Gasteiger partial charge in [0.05, 0.1) is 16.5 Å². The molecule has 0 radical (unpaired) electrons. The van der Waals surface area contributed by atoms with E-state index >= 15 is 0 Å². The van der Waals surface area contributed by atoms with Gasteiger partial charge in [-0.3, -0.25) is 14.4 Å². The molecule has 4 rings (SSSR count). The first-order chi connectivity index (χ1) is 18.6. The number of carbonyl (C=O) groups is 3. The number of halogens is 8. The number of rotatable bonds is 8. The molecule has 0 bridgehead atoms. The number of hydrogen-bond acceptors (Lipinski definition) is 3. The predicted molar refractivity (Wildman–Crippen MR) is 141 cm³/mol. The first-order valence-corrected chi connectivity index (χ1v) is 12.9. The van der Waals surface area contributed by atoms with Crippen LogP contribution in [0.25, 0.3) is 0 Å². The summed E-state index contributed by atoms with van der Waals surface area (Å²) in [7, 11) is 0. The van der Waals surface area contributed by atoms with Crippen molar-refractivity contribution >= 4 is 58.0 Å². The maximum absolute atomic E-state index is 14.8. The molecule has 0 aromatic heterocycles. The van der Waals surface area contributed by atoms with Gasteiger partial charge in [-0.15, -0.1) is 23.2 Å². The zero-order valence-electron chi connectivity index (χ0n) is 20.5. The number of carbonyl (C=O) groups excluding carboxylic acids is 3. The Morgan fingerprint density at radius 3 is 2.33 bits per heavy atom. The van der Waals surface area contributed by atoms with Crippen molar-refractivity contribution < 1.29 is 36.3 Å². The second kappa shape index (κ2) is 11.1. The molecule has 1 N–H and O–H groups in total. The molecule has 1 saturated carbocycles. The number of amides is 1. The van der Waals surface area contributed by atoms with E-state index in [1.807, 2.05) is 0 Å². The number of nitrogens with one attached hydrogen (secondary N) is 1. The first kappa shape index (κ1) is 30.0.